The van der Waals surface area contributed by atoms with Crippen LogP contribution in [0.4, 0.5) is 16.2 Å². The summed E-state index contributed by atoms with van der Waals surface area (Å²) in [5.41, 5.74) is 1.08. The first kappa shape index (κ1) is 15.9. The standard InChI is InChI=1S/C15H22ClN3O2/c1-15(2,3)21-14(20)18-13-10-11(4-5-12(13)16)19-8-6-17-7-9-19/h4-5,10,17H,6-9H2,1-3H3,(H,18,20). The molecule has 1 aromatic carbocycles. The van der Waals surface area contributed by atoms with Gasteiger partial charge in [-0.3, -0.25) is 5.32 Å². The fraction of sp³-hybridized carbons (Fsp3) is 0.533. The lowest BCUT2D eigenvalue weighted by Gasteiger charge is -2.30. The molecule has 21 heavy (non-hydrogen) atoms. The average molecular weight is 312 g/mol. The first-order chi connectivity index (χ1) is 9.85. The minimum Gasteiger partial charge on any atom is -0.444 e. The highest BCUT2D eigenvalue weighted by Crippen LogP contribution is 2.28. The molecule has 1 aliphatic rings. The van der Waals surface area contributed by atoms with E-state index in [2.05, 4.69) is 15.5 Å². The normalized spacial score (nSPS) is 15.7. The number of carbonyl (C=O) groups is 1. The molecule has 1 heterocycles. The third-order valence-electron chi connectivity index (χ3n) is 3.07. The van der Waals surface area contributed by atoms with Gasteiger partial charge in [-0.25, -0.2) is 4.79 Å². The Balaban J connectivity index is 2.10. The van der Waals surface area contributed by atoms with Gasteiger partial charge in [0.2, 0.25) is 0 Å². The third-order valence-corrected chi connectivity index (χ3v) is 3.40. The molecule has 0 unspecified atom stereocenters. The summed E-state index contributed by atoms with van der Waals surface area (Å²) >= 11 is 6.15. The van der Waals surface area contributed by atoms with Gasteiger partial charge in [-0.1, -0.05) is 11.6 Å². The second-order valence-corrected chi connectivity index (χ2v) is 6.44. The van der Waals surface area contributed by atoms with Crippen molar-refractivity contribution in [3.63, 3.8) is 0 Å². The van der Waals surface area contributed by atoms with Gasteiger partial charge in [0.05, 0.1) is 10.7 Å². The molecule has 1 saturated heterocycles. The van der Waals surface area contributed by atoms with Crippen molar-refractivity contribution in [3.8, 4) is 0 Å². The highest BCUT2D eigenvalue weighted by molar-refractivity contribution is 6.33. The van der Waals surface area contributed by atoms with Gasteiger partial charge in [-0.05, 0) is 39.0 Å². The number of hydrogen-bond acceptors (Lipinski definition) is 4. The predicted octanol–water partition coefficient (Wildman–Crippen LogP) is 3.10. The summed E-state index contributed by atoms with van der Waals surface area (Å²) in [6.45, 7) is 9.26. The average Bonchev–Trinajstić information content (AvgIpc) is 2.40. The number of benzene rings is 1. The second kappa shape index (κ2) is 6.54. The van der Waals surface area contributed by atoms with Crippen molar-refractivity contribution < 1.29 is 9.53 Å². The van der Waals surface area contributed by atoms with Crippen LogP contribution in [0.2, 0.25) is 5.02 Å². The van der Waals surface area contributed by atoms with E-state index >= 15 is 0 Å². The van der Waals surface area contributed by atoms with Crippen molar-refractivity contribution in [2.45, 2.75) is 26.4 Å². The molecule has 1 amide bonds. The zero-order valence-corrected chi connectivity index (χ0v) is 13.5. The van der Waals surface area contributed by atoms with Crippen LogP contribution in [0.5, 0.6) is 0 Å². The number of halogens is 1. The zero-order valence-electron chi connectivity index (χ0n) is 12.7. The Labute approximate surface area is 130 Å². The lowest BCUT2D eigenvalue weighted by molar-refractivity contribution is 0.0636. The van der Waals surface area contributed by atoms with Gasteiger partial charge in [0.1, 0.15) is 5.60 Å². The summed E-state index contributed by atoms with van der Waals surface area (Å²) in [4.78, 5) is 14.1. The minimum atomic E-state index is -0.535. The Hall–Kier alpha value is -1.46. The Morgan fingerprint density at radius 2 is 2.00 bits per heavy atom. The first-order valence-corrected chi connectivity index (χ1v) is 7.48. The van der Waals surface area contributed by atoms with Crippen molar-refractivity contribution in [2.75, 3.05) is 36.4 Å². The summed E-state index contributed by atoms with van der Waals surface area (Å²) in [6, 6.07) is 5.65. The van der Waals surface area contributed by atoms with Crippen LogP contribution in [-0.4, -0.2) is 37.9 Å². The smallest absolute Gasteiger partial charge is 0.412 e. The van der Waals surface area contributed by atoms with Gasteiger partial charge in [0.15, 0.2) is 0 Å². The van der Waals surface area contributed by atoms with E-state index in [1.165, 1.54) is 0 Å². The molecule has 0 bridgehead atoms. The molecule has 6 heteroatoms. The maximum atomic E-state index is 11.9. The molecule has 2 rings (SSSR count). The molecule has 0 radical (unpaired) electrons. The minimum absolute atomic E-state index is 0.498. The molecule has 116 valence electrons. The Morgan fingerprint density at radius 1 is 1.33 bits per heavy atom. The lowest BCUT2D eigenvalue weighted by Crippen LogP contribution is -2.43. The molecule has 1 fully saturated rings. The van der Waals surface area contributed by atoms with E-state index in [9.17, 15) is 4.79 Å². The monoisotopic (exact) mass is 311 g/mol. The van der Waals surface area contributed by atoms with Gasteiger partial charge in [0, 0.05) is 31.9 Å². The largest absolute Gasteiger partial charge is 0.444 e. The number of piperazine rings is 1. The molecule has 0 aliphatic carbocycles. The lowest BCUT2D eigenvalue weighted by atomic mass is 10.2. The van der Waals surface area contributed by atoms with Crippen LogP contribution in [0.1, 0.15) is 20.8 Å². The predicted molar refractivity (Wildman–Crippen MR) is 86.4 cm³/mol. The molecule has 2 N–H and O–H groups in total. The van der Waals surface area contributed by atoms with Gasteiger partial charge in [-0.15, -0.1) is 0 Å². The summed E-state index contributed by atoms with van der Waals surface area (Å²) < 4.78 is 5.25. The first-order valence-electron chi connectivity index (χ1n) is 7.10. The summed E-state index contributed by atoms with van der Waals surface area (Å²) in [6.07, 6.45) is -0.498. The van der Waals surface area contributed by atoms with E-state index in [1.807, 2.05) is 32.9 Å². The molecular weight excluding hydrogens is 290 g/mol. The van der Waals surface area contributed by atoms with Crippen molar-refractivity contribution in [1.82, 2.24) is 5.32 Å². The number of rotatable bonds is 2. The number of amides is 1. The van der Waals surface area contributed by atoms with Crippen LogP contribution in [0.3, 0.4) is 0 Å². The Morgan fingerprint density at radius 3 is 2.62 bits per heavy atom. The van der Waals surface area contributed by atoms with E-state index in [1.54, 1.807) is 6.07 Å². The number of ether oxygens (including phenoxy) is 1. The Kier molecular flexibility index (Phi) is 4.96. The number of hydrogen-bond donors (Lipinski definition) is 2. The van der Waals surface area contributed by atoms with Gasteiger partial charge >= 0.3 is 6.09 Å². The third kappa shape index (κ3) is 4.79. The summed E-state index contributed by atoms with van der Waals surface area (Å²) in [5.74, 6) is 0. The van der Waals surface area contributed by atoms with Crippen LogP contribution >= 0.6 is 11.6 Å². The fourth-order valence-corrected chi connectivity index (χ4v) is 2.31. The van der Waals surface area contributed by atoms with Crippen molar-refractivity contribution in [2.24, 2.45) is 0 Å². The second-order valence-electron chi connectivity index (χ2n) is 6.03. The Bertz CT molecular complexity index is 508. The van der Waals surface area contributed by atoms with Crippen molar-refractivity contribution >= 4 is 29.1 Å². The number of carbonyl (C=O) groups excluding carboxylic acids is 1. The molecule has 0 saturated carbocycles. The van der Waals surface area contributed by atoms with E-state index < -0.39 is 11.7 Å². The summed E-state index contributed by atoms with van der Waals surface area (Å²) in [5, 5.41) is 6.52. The van der Waals surface area contributed by atoms with E-state index in [0.717, 1.165) is 31.9 Å². The highest BCUT2D eigenvalue weighted by atomic mass is 35.5. The molecule has 5 nitrogen and oxygen atoms in total. The summed E-state index contributed by atoms with van der Waals surface area (Å²) in [7, 11) is 0. The van der Waals surface area contributed by atoms with E-state index in [4.69, 9.17) is 16.3 Å². The molecule has 0 atom stereocenters. The van der Waals surface area contributed by atoms with E-state index in [0.29, 0.717) is 10.7 Å². The van der Waals surface area contributed by atoms with E-state index in [-0.39, 0.29) is 0 Å². The SMILES string of the molecule is CC(C)(C)OC(=O)Nc1cc(N2CCNCC2)ccc1Cl. The quantitative estimate of drug-likeness (QED) is 0.881. The fourth-order valence-electron chi connectivity index (χ4n) is 2.14. The number of nitrogens with one attached hydrogen (secondary N) is 2. The van der Waals surface area contributed by atoms with Crippen LogP contribution in [0.15, 0.2) is 18.2 Å². The topological polar surface area (TPSA) is 53.6 Å². The molecule has 1 aliphatic heterocycles. The molecule has 1 aromatic rings. The van der Waals surface area contributed by atoms with Crippen molar-refractivity contribution in [3.05, 3.63) is 23.2 Å². The maximum Gasteiger partial charge on any atom is 0.412 e. The molecular formula is C15H22ClN3O2. The molecule has 0 aromatic heterocycles. The maximum absolute atomic E-state index is 11.9. The van der Waals surface area contributed by atoms with Crippen LogP contribution in [0, 0.1) is 0 Å². The van der Waals surface area contributed by atoms with Gasteiger partial charge in [-0.2, -0.15) is 0 Å². The number of anilines is 2. The van der Waals surface area contributed by atoms with Crippen LogP contribution in [-0.2, 0) is 4.74 Å². The van der Waals surface area contributed by atoms with Crippen LogP contribution in [0.25, 0.3) is 0 Å². The van der Waals surface area contributed by atoms with Crippen LogP contribution < -0.4 is 15.5 Å². The van der Waals surface area contributed by atoms with Crippen molar-refractivity contribution in [1.29, 1.82) is 0 Å². The highest BCUT2D eigenvalue weighted by Gasteiger charge is 2.18. The zero-order chi connectivity index (χ0) is 15.5. The number of nitrogens with zero attached hydrogens (tertiary/aromatic N) is 1. The molecule has 0 spiro atoms. The van der Waals surface area contributed by atoms with Gasteiger partial charge in [0.25, 0.3) is 0 Å². The van der Waals surface area contributed by atoms with Gasteiger partial charge < -0.3 is 15.0 Å².